The monoisotopic (exact) mass is 170 g/mol. The van der Waals surface area contributed by atoms with Crippen LogP contribution in [0, 0.1) is 0 Å². The van der Waals surface area contributed by atoms with Crippen molar-refractivity contribution in [3.8, 4) is 0 Å². The van der Waals surface area contributed by atoms with Crippen LogP contribution in [0.25, 0.3) is 0 Å². The lowest BCUT2D eigenvalue weighted by Gasteiger charge is -2.08. The highest BCUT2D eigenvalue weighted by Gasteiger charge is 2.08. The lowest BCUT2D eigenvalue weighted by molar-refractivity contribution is -0.130. The molecule has 1 heterocycles. The van der Waals surface area contributed by atoms with E-state index in [-0.39, 0.29) is 11.8 Å². The summed E-state index contributed by atoms with van der Waals surface area (Å²) in [4.78, 5) is 21.9. The highest BCUT2D eigenvalue weighted by Crippen LogP contribution is 1.93. The van der Waals surface area contributed by atoms with Crippen LogP contribution < -0.4 is 10.6 Å². The van der Waals surface area contributed by atoms with Crippen molar-refractivity contribution in [2.75, 3.05) is 13.1 Å². The maximum Gasteiger partial charge on any atom is 0.226 e. The van der Waals surface area contributed by atoms with E-state index < -0.39 is 0 Å². The normalized spacial score (nSPS) is 21.7. The predicted octanol–water partition coefficient (Wildman–Crippen LogP) is -0.207. The zero-order chi connectivity index (χ0) is 8.81. The van der Waals surface area contributed by atoms with Gasteiger partial charge in [0.15, 0.2) is 0 Å². The van der Waals surface area contributed by atoms with Crippen molar-refractivity contribution in [2.45, 2.75) is 25.7 Å². The first kappa shape index (κ1) is 9.19. The summed E-state index contributed by atoms with van der Waals surface area (Å²) in [6, 6.07) is 0. The third-order valence-corrected chi connectivity index (χ3v) is 1.79. The van der Waals surface area contributed by atoms with Gasteiger partial charge in [-0.25, -0.2) is 0 Å². The molecule has 0 saturated carbocycles. The van der Waals surface area contributed by atoms with E-state index in [1.165, 1.54) is 0 Å². The Bertz CT molecular complexity index is 162. The van der Waals surface area contributed by atoms with Gasteiger partial charge in [0.25, 0.3) is 0 Å². The molecule has 2 N–H and O–H groups in total. The van der Waals surface area contributed by atoms with Crippen LogP contribution in [0.3, 0.4) is 0 Å². The molecule has 1 saturated heterocycles. The SMILES string of the molecule is O=C1CCCNCCCC(=O)N1. The summed E-state index contributed by atoms with van der Waals surface area (Å²) < 4.78 is 0. The summed E-state index contributed by atoms with van der Waals surface area (Å²) >= 11 is 0. The second kappa shape index (κ2) is 4.87. The Balaban J connectivity index is 2.34. The first-order chi connectivity index (χ1) is 5.79. The predicted molar refractivity (Wildman–Crippen MR) is 44.5 cm³/mol. The molecule has 0 radical (unpaired) electrons. The van der Waals surface area contributed by atoms with Gasteiger partial charge in [0.05, 0.1) is 0 Å². The van der Waals surface area contributed by atoms with E-state index in [0.29, 0.717) is 12.8 Å². The van der Waals surface area contributed by atoms with Crippen molar-refractivity contribution >= 4 is 11.8 Å². The third-order valence-electron chi connectivity index (χ3n) is 1.79. The minimum Gasteiger partial charge on any atom is -0.317 e. The van der Waals surface area contributed by atoms with Gasteiger partial charge in [0.2, 0.25) is 11.8 Å². The molecule has 0 spiro atoms. The average molecular weight is 170 g/mol. The first-order valence-electron chi connectivity index (χ1n) is 4.32. The summed E-state index contributed by atoms with van der Waals surface area (Å²) in [6.07, 6.45) is 2.50. The van der Waals surface area contributed by atoms with Crippen molar-refractivity contribution < 1.29 is 9.59 Å². The van der Waals surface area contributed by atoms with Crippen molar-refractivity contribution in [3.05, 3.63) is 0 Å². The number of amides is 2. The molecule has 0 unspecified atom stereocenters. The van der Waals surface area contributed by atoms with Gasteiger partial charge in [0.1, 0.15) is 0 Å². The molecule has 2 amide bonds. The van der Waals surface area contributed by atoms with E-state index in [0.717, 1.165) is 25.9 Å². The fraction of sp³-hybridized carbons (Fsp3) is 0.750. The minimum atomic E-state index is -0.149. The molecule has 0 aromatic rings. The van der Waals surface area contributed by atoms with Gasteiger partial charge in [-0.15, -0.1) is 0 Å². The Kier molecular flexibility index (Phi) is 3.73. The van der Waals surface area contributed by atoms with Gasteiger partial charge >= 0.3 is 0 Å². The number of imide groups is 1. The second-order valence-electron chi connectivity index (χ2n) is 2.93. The lowest BCUT2D eigenvalue weighted by Crippen LogP contribution is -2.32. The quantitative estimate of drug-likeness (QED) is 0.495. The molecule has 0 aliphatic carbocycles. The van der Waals surface area contributed by atoms with Crippen molar-refractivity contribution in [2.24, 2.45) is 0 Å². The van der Waals surface area contributed by atoms with Gasteiger partial charge in [0, 0.05) is 12.8 Å². The van der Waals surface area contributed by atoms with Crippen molar-refractivity contribution in [1.82, 2.24) is 10.6 Å². The topological polar surface area (TPSA) is 58.2 Å². The molecule has 12 heavy (non-hydrogen) atoms. The number of carbonyl (C=O) groups excluding carboxylic acids is 2. The fourth-order valence-electron chi connectivity index (χ4n) is 1.15. The summed E-state index contributed by atoms with van der Waals surface area (Å²) in [5, 5.41) is 5.51. The zero-order valence-electron chi connectivity index (χ0n) is 7.06. The second-order valence-corrected chi connectivity index (χ2v) is 2.93. The fourth-order valence-corrected chi connectivity index (χ4v) is 1.15. The van der Waals surface area contributed by atoms with Gasteiger partial charge < -0.3 is 5.32 Å². The van der Waals surface area contributed by atoms with E-state index in [1.807, 2.05) is 0 Å². The van der Waals surface area contributed by atoms with Crippen molar-refractivity contribution in [3.63, 3.8) is 0 Å². The number of rotatable bonds is 0. The van der Waals surface area contributed by atoms with Crippen molar-refractivity contribution in [1.29, 1.82) is 0 Å². The summed E-state index contributed by atoms with van der Waals surface area (Å²) in [5.74, 6) is -0.299. The molecular formula is C8H14N2O2. The maximum atomic E-state index is 11.0. The molecule has 4 nitrogen and oxygen atoms in total. The van der Waals surface area contributed by atoms with Crippen LogP contribution in [0.5, 0.6) is 0 Å². The minimum absolute atomic E-state index is 0.149. The maximum absolute atomic E-state index is 11.0. The number of hydrogen-bond donors (Lipinski definition) is 2. The standard InChI is InChI=1S/C8H14N2O2/c11-7-3-1-5-9-6-2-4-8(12)10-7/h9H,1-6H2,(H,10,11,12). The largest absolute Gasteiger partial charge is 0.317 e. The van der Waals surface area contributed by atoms with E-state index in [1.54, 1.807) is 0 Å². The van der Waals surface area contributed by atoms with Crippen LogP contribution in [0.1, 0.15) is 25.7 Å². The van der Waals surface area contributed by atoms with Crippen LogP contribution >= 0.6 is 0 Å². The van der Waals surface area contributed by atoms with E-state index in [4.69, 9.17) is 0 Å². The molecule has 0 bridgehead atoms. The van der Waals surface area contributed by atoms with E-state index in [9.17, 15) is 9.59 Å². The molecule has 0 aromatic heterocycles. The Hall–Kier alpha value is -0.900. The Morgan fingerprint density at radius 2 is 1.42 bits per heavy atom. The van der Waals surface area contributed by atoms with E-state index >= 15 is 0 Å². The molecule has 1 fully saturated rings. The van der Waals surface area contributed by atoms with Gasteiger partial charge in [-0.2, -0.15) is 0 Å². The highest BCUT2D eigenvalue weighted by molar-refractivity contribution is 5.95. The Morgan fingerprint density at radius 1 is 0.917 bits per heavy atom. The molecule has 0 aromatic carbocycles. The van der Waals surface area contributed by atoms with Gasteiger partial charge in [-0.1, -0.05) is 0 Å². The van der Waals surface area contributed by atoms with Crippen LogP contribution in [0.15, 0.2) is 0 Å². The average Bonchev–Trinajstić information content (AvgIpc) is 2.02. The van der Waals surface area contributed by atoms with Gasteiger partial charge in [-0.05, 0) is 25.9 Å². The summed E-state index contributed by atoms with van der Waals surface area (Å²) in [7, 11) is 0. The first-order valence-corrected chi connectivity index (χ1v) is 4.32. The smallest absolute Gasteiger partial charge is 0.226 e. The molecule has 1 aliphatic heterocycles. The third kappa shape index (κ3) is 3.48. The summed E-state index contributed by atoms with van der Waals surface area (Å²) in [5.41, 5.74) is 0. The van der Waals surface area contributed by atoms with Crippen LogP contribution in [-0.4, -0.2) is 24.9 Å². The number of carbonyl (C=O) groups is 2. The number of hydrogen-bond acceptors (Lipinski definition) is 3. The highest BCUT2D eigenvalue weighted by atomic mass is 16.2. The summed E-state index contributed by atoms with van der Waals surface area (Å²) in [6.45, 7) is 1.73. The Labute approximate surface area is 71.7 Å². The molecule has 1 aliphatic rings. The molecule has 68 valence electrons. The molecule has 0 atom stereocenters. The van der Waals surface area contributed by atoms with Gasteiger partial charge in [-0.3, -0.25) is 14.9 Å². The lowest BCUT2D eigenvalue weighted by atomic mass is 10.2. The number of nitrogens with one attached hydrogen (secondary N) is 2. The molecular weight excluding hydrogens is 156 g/mol. The van der Waals surface area contributed by atoms with Crippen LogP contribution in [0.4, 0.5) is 0 Å². The Morgan fingerprint density at radius 3 is 1.92 bits per heavy atom. The molecule has 4 heteroatoms. The van der Waals surface area contributed by atoms with Crippen LogP contribution in [0.2, 0.25) is 0 Å². The van der Waals surface area contributed by atoms with E-state index in [2.05, 4.69) is 10.6 Å². The molecule has 1 rings (SSSR count). The zero-order valence-corrected chi connectivity index (χ0v) is 7.06. The van der Waals surface area contributed by atoms with Crippen LogP contribution in [-0.2, 0) is 9.59 Å².